The topological polar surface area (TPSA) is 97.3 Å². The highest BCUT2D eigenvalue weighted by molar-refractivity contribution is 5.96. The quantitative estimate of drug-likeness (QED) is 0.266. The van der Waals surface area contributed by atoms with Gasteiger partial charge in [-0.15, -0.1) is 10.2 Å². The molecule has 0 N–H and O–H groups in total. The van der Waals surface area contributed by atoms with Crippen LogP contribution >= 0.6 is 0 Å². The van der Waals surface area contributed by atoms with E-state index >= 15 is 0 Å². The van der Waals surface area contributed by atoms with Crippen LogP contribution in [0.3, 0.4) is 0 Å². The predicted octanol–water partition coefficient (Wildman–Crippen LogP) is 4.30. The summed E-state index contributed by atoms with van der Waals surface area (Å²) in [6, 6.07) is 22.0. The summed E-state index contributed by atoms with van der Waals surface area (Å²) in [6.07, 6.45) is 0. The third kappa shape index (κ3) is 7.05. The SMILES string of the molecule is COc1ccc(C(=O)N(CC(=O)N2CCN(c3ccc(-c4ccc(OC)c(OC)c4)nn3)CC2)Cc2ccc(F)cc2)cc1. The summed E-state index contributed by atoms with van der Waals surface area (Å²) in [4.78, 5) is 32.2. The van der Waals surface area contributed by atoms with Gasteiger partial charge in [0, 0.05) is 43.9 Å². The van der Waals surface area contributed by atoms with Crippen molar-refractivity contribution in [2.24, 2.45) is 0 Å². The van der Waals surface area contributed by atoms with Crippen molar-refractivity contribution in [2.45, 2.75) is 6.54 Å². The average Bonchev–Trinajstić information content (AvgIpc) is 3.08. The summed E-state index contributed by atoms with van der Waals surface area (Å²) in [7, 11) is 4.73. The Morgan fingerprint density at radius 1 is 0.795 bits per heavy atom. The molecule has 0 aliphatic carbocycles. The summed E-state index contributed by atoms with van der Waals surface area (Å²) >= 11 is 0. The molecule has 0 saturated carbocycles. The van der Waals surface area contributed by atoms with Gasteiger partial charge in [0.05, 0.1) is 27.0 Å². The standard InChI is InChI=1S/C33H34FN5O5/c1-42-27-11-6-24(7-12-27)33(41)39(21-23-4-9-26(34)10-5-23)22-32(40)38-18-16-37(17-19-38)31-15-13-28(35-36-31)25-8-14-29(43-2)30(20-25)44-3/h4-15,20H,16-19,21-22H2,1-3H3. The van der Waals surface area contributed by atoms with Crippen molar-refractivity contribution in [3.05, 3.63) is 95.8 Å². The fourth-order valence-electron chi connectivity index (χ4n) is 5.02. The van der Waals surface area contributed by atoms with Gasteiger partial charge in [-0.25, -0.2) is 4.39 Å². The molecule has 1 saturated heterocycles. The van der Waals surface area contributed by atoms with Crippen molar-refractivity contribution < 1.29 is 28.2 Å². The minimum absolute atomic E-state index is 0.109. The molecule has 2 heterocycles. The number of aromatic nitrogens is 2. The number of piperazine rings is 1. The molecule has 10 nitrogen and oxygen atoms in total. The Kier molecular flexibility index (Phi) is 9.53. The van der Waals surface area contributed by atoms with Gasteiger partial charge in [-0.3, -0.25) is 9.59 Å². The number of benzene rings is 3. The van der Waals surface area contributed by atoms with E-state index in [1.54, 1.807) is 62.6 Å². The summed E-state index contributed by atoms with van der Waals surface area (Å²) in [5.41, 5.74) is 2.71. The number of carbonyl (C=O) groups is 2. The van der Waals surface area contributed by atoms with Crippen LogP contribution in [0.2, 0.25) is 0 Å². The van der Waals surface area contributed by atoms with Crippen LogP contribution in [0.15, 0.2) is 78.9 Å². The second-order valence-electron chi connectivity index (χ2n) is 10.2. The van der Waals surface area contributed by atoms with E-state index in [1.165, 1.54) is 17.0 Å². The van der Waals surface area contributed by atoms with Crippen molar-refractivity contribution in [1.82, 2.24) is 20.0 Å². The van der Waals surface area contributed by atoms with Gasteiger partial charge < -0.3 is 28.9 Å². The number of nitrogens with zero attached hydrogens (tertiary/aromatic N) is 5. The molecule has 0 radical (unpaired) electrons. The van der Waals surface area contributed by atoms with Gasteiger partial charge >= 0.3 is 0 Å². The first-order valence-corrected chi connectivity index (χ1v) is 14.1. The van der Waals surface area contributed by atoms with Crippen LogP contribution in [0.5, 0.6) is 17.2 Å². The van der Waals surface area contributed by atoms with E-state index in [4.69, 9.17) is 14.2 Å². The normalized spacial score (nSPS) is 12.9. The molecule has 1 fully saturated rings. The smallest absolute Gasteiger partial charge is 0.254 e. The summed E-state index contributed by atoms with van der Waals surface area (Å²) in [5.74, 6) is 1.76. The minimum atomic E-state index is -0.365. The molecule has 3 aromatic carbocycles. The number of ether oxygens (including phenoxy) is 3. The number of hydrogen-bond donors (Lipinski definition) is 0. The number of hydrogen-bond acceptors (Lipinski definition) is 8. The second kappa shape index (κ2) is 13.9. The molecule has 1 aromatic heterocycles. The maximum absolute atomic E-state index is 13.5. The van der Waals surface area contributed by atoms with Gasteiger partial charge in [-0.1, -0.05) is 12.1 Å². The second-order valence-corrected chi connectivity index (χ2v) is 10.2. The molecule has 4 aromatic rings. The van der Waals surface area contributed by atoms with Crippen molar-refractivity contribution in [3.63, 3.8) is 0 Å². The fraction of sp³-hybridized carbons (Fsp3) is 0.273. The number of halogens is 1. The zero-order valence-corrected chi connectivity index (χ0v) is 24.9. The molecule has 0 unspecified atom stereocenters. The van der Waals surface area contributed by atoms with Crippen LogP contribution in [0.1, 0.15) is 15.9 Å². The molecular formula is C33H34FN5O5. The molecule has 5 rings (SSSR count). The average molecular weight is 600 g/mol. The summed E-state index contributed by atoms with van der Waals surface area (Å²) < 4.78 is 29.4. The molecule has 1 aliphatic heterocycles. The van der Waals surface area contributed by atoms with Crippen LogP contribution in [0, 0.1) is 5.82 Å². The lowest BCUT2D eigenvalue weighted by Gasteiger charge is -2.36. The largest absolute Gasteiger partial charge is 0.497 e. The van der Waals surface area contributed by atoms with E-state index in [1.807, 2.05) is 30.3 Å². The first-order chi connectivity index (χ1) is 21.4. The third-order valence-corrected chi connectivity index (χ3v) is 7.52. The van der Waals surface area contributed by atoms with Gasteiger partial charge in [-0.2, -0.15) is 0 Å². The van der Waals surface area contributed by atoms with Crippen molar-refractivity contribution in [2.75, 3.05) is 59.0 Å². The molecule has 11 heteroatoms. The third-order valence-electron chi connectivity index (χ3n) is 7.52. The number of methoxy groups -OCH3 is 3. The predicted molar refractivity (Wildman–Crippen MR) is 163 cm³/mol. The Labute approximate surface area is 255 Å². The molecule has 228 valence electrons. The Hall–Kier alpha value is -5.19. The molecule has 2 amide bonds. The van der Waals surface area contributed by atoms with Crippen LogP contribution < -0.4 is 19.1 Å². The lowest BCUT2D eigenvalue weighted by Crippen LogP contribution is -2.52. The molecular weight excluding hydrogens is 565 g/mol. The van der Waals surface area contributed by atoms with Crippen molar-refractivity contribution in [1.29, 1.82) is 0 Å². The van der Waals surface area contributed by atoms with E-state index in [2.05, 4.69) is 15.1 Å². The van der Waals surface area contributed by atoms with Gasteiger partial charge in [0.15, 0.2) is 17.3 Å². The first-order valence-electron chi connectivity index (χ1n) is 14.1. The van der Waals surface area contributed by atoms with Gasteiger partial charge in [0.1, 0.15) is 18.1 Å². The van der Waals surface area contributed by atoms with E-state index in [-0.39, 0.29) is 30.7 Å². The zero-order chi connectivity index (χ0) is 31.1. The van der Waals surface area contributed by atoms with Crippen LogP contribution in [-0.4, -0.2) is 85.9 Å². The van der Waals surface area contributed by atoms with E-state index < -0.39 is 0 Å². The van der Waals surface area contributed by atoms with E-state index in [0.29, 0.717) is 60.5 Å². The van der Waals surface area contributed by atoms with Gasteiger partial charge in [0.2, 0.25) is 5.91 Å². The van der Waals surface area contributed by atoms with E-state index in [0.717, 1.165) is 11.1 Å². The van der Waals surface area contributed by atoms with Crippen LogP contribution in [0.25, 0.3) is 11.3 Å². The molecule has 0 spiro atoms. The maximum atomic E-state index is 13.5. The number of anilines is 1. The fourth-order valence-corrected chi connectivity index (χ4v) is 5.02. The number of rotatable bonds is 10. The van der Waals surface area contributed by atoms with Crippen molar-refractivity contribution in [3.8, 4) is 28.5 Å². The van der Waals surface area contributed by atoms with E-state index in [9.17, 15) is 14.0 Å². The highest BCUT2D eigenvalue weighted by Crippen LogP contribution is 2.31. The molecule has 0 bridgehead atoms. The Morgan fingerprint density at radius 3 is 2.11 bits per heavy atom. The lowest BCUT2D eigenvalue weighted by molar-refractivity contribution is -0.132. The van der Waals surface area contributed by atoms with Gasteiger partial charge in [0.25, 0.3) is 5.91 Å². The Morgan fingerprint density at radius 2 is 1.50 bits per heavy atom. The lowest BCUT2D eigenvalue weighted by atomic mass is 10.1. The van der Waals surface area contributed by atoms with Crippen LogP contribution in [-0.2, 0) is 11.3 Å². The zero-order valence-electron chi connectivity index (χ0n) is 24.9. The number of carbonyl (C=O) groups excluding carboxylic acids is 2. The Balaban J connectivity index is 1.22. The highest BCUT2D eigenvalue weighted by Gasteiger charge is 2.26. The number of amides is 2. The monoisotopic (exact) mass is 599 g/mol. The van der Waals surface area contributed by atoms with Crippen LogP contribution in [0.4, 0.5) is 10.2 Å². The highest BCUT2D eigenvalue weighted by atomic mass is 19.1. The van der Waals surface area contributed by atoms with Gasteiger partial charge in [-0.05, 0) is 72.3 Å². The maximum Gasteiger partial charge on any atom is 0.254 e. The molecule has 1 aliphatic rings. The molecule has 44 heavy (non-hydrogen) atoms. The summed E-state index contributed by atoms with van der Waals surface area (Å²) in [5, 5.41) is 8.84. The van der Waals surface area contributed by atoms with Crippen molar-refractivity contribution >= 4 is 17.6 Å². The molecule has 0 atom stereocenters. The first kappa shape index (κ1) is 30.3. The Bertz CT molecular complexity index is 1570. The minimum Gasteiger partial charge on any atom is -0.497 e. The summed E-state index contributed by atoms with van der Waals surface area (Å²) in [6.45, 7) is 2.14.